The van der Waals surface area contributed by atoms with Gasteiger partial charge >= 0.3 is 11.9 Å². The number of ether oxygens (including phenoxy) is 2. The third-order valence-electron chi connectivity index (χ3n) is 15.4. The van der Waals surface area contributed by atoms with Gasteiger partial charge in [-0.15, -0.1) is 13.2 Å². The minimum Gasteiger partial charge on any atom is -0.464 e. The Morgan fingerprint density at radius 3 is 1.47 bits per heavy atom. The van der Waals surface area contributed by atoms with Gasteiger partial charge in [0.15, 0.2) is 0 Å². The maximum absolute atomic E-state index is 13.0. The summed E-state index contributed by atoms with van der Waals surface area (Å²) in [6.45, 7) is 23.9. The van der Waals surface area contributed by atoms with Crippen LogP contribution in [0.15, 0.2) is 48.6 Å². The first-order chi connectivity index (χ1) is 22.1. The van der Waals surface area contributed by atoms with E-state index in [1.54, 1.807) is 0 Å². The van der Waals surface area contributed by atoms with Crippen LogP contribution >= 0.6 is 0 Å². The number of hydrogen-bond donors (Lipinski definition) is 0. The quantitative estimate of drug-likeness (QED) is 0.150. The van der Waals surface area contributed by atoms with Gasteiger partial charge in [0.25, 0.3) is 0 Å². The average Bonchev–Trinajstić information content (AvgIpc) is 3.01. The summed E-state index contributed by atoms with van der Waals surface area (Å²) in [4.78, 5) is 25.9. The largest absolute Gasteiger partial charge is 0.464 e. The van der Waals surface area contributed by atoms with Crippen LogP contribution in [0.1, 0.15) is 138 Å². The lowest BCUT2D eigenvalue weighted by molar-refractivity contribution is -0.158. The van der Waals surface area contributed by atoms with Gasteiger partial charge in [-0.25, -0.2) is 0 Å². The highest BCUT2D eigenvalue weighted by atomic mass is 16.6. The zero-order valence-corrected chi connectivity index (χ0v) is 30.7. The van der Waals surface area contributed by atoms with Crippen molar-refractivity contribution >= 4 is 11.9 Å². The van der Waals surface area contributed by atoms with Crippen LogP contribution in [0, 0.1) is 56.2 Å². The molecule has 260 valence electrons. The van der Waals surface area contributed by atoms with Crippen LogP contribution in [-0.4, -0.2) is 25.2 Å². The predicted molar refractivity (Wildman–Crippen MR) is 190 cm³/mol. The summed E-state index contributed by atoms with van der Waals surface area (Å²) >= 11 is 0. The van der Waals surface area contributed by atoms with E-state index in [2.05, 4.69) is 66.9 Å². The van der Waals surface area contributed by atoms with Gasteiger partial charge in [-0.05, 0) is 122 Å². The van der Waals surface area contributed by atoms with Crippen LogP contribution in [0.5, 0.6) is 0 Å². The average molecular weight is 645 g/mol. The Bertz CT molecular complexity index is 1230. The summed E-state index contributed by atoms with van der Waals surface area (Å²) in [7, 11) is 0. The van der Waals surface area contributed by atoms with Gasteiger partial charge in [0.2, 0.25) is 0 Å². The summed E-state index contributed by atoms with van der Waals surface area (Å²) in [5.41, 5.74) is 4.02. The second-order valence-electron chi connectivity index (χ2n) is 19.0. The second-order valence-corrected chi connectivity index (χ2v) is 19.0. The first kappa shape index (κ1) is 34.8. The number of fused-ring (bicyclic) bond motifs is 6. The normalized spacial score (nSPS) is 41.7. The molecule has 6 rings (SSSR count). The molecule has 4 saturated carbocycles. The Labute approximate surface area is 286 Å². The summed E-state index contributed by atoms with van der Waals surface area (Å²) < 4.78 is 11.6. The molecule has 0 heterocycles. The fourth-order valence-corrected chi connectivity index (χ4v) is 12.7. The molecule has 4 nitrogen and oxygen atoms in total. The van der Waals surface area contributed by atoms with Crippen LogP contribution in [-0.2, 0) is 19.1 Å². The van der Waals surface area contributed by atoms with E-state index in [0.29, 0.717) is 33.5 Å². The molecule has 0 aliphatic heterocycles. The first-order valence-corrected chi connectivity index (χ1v) is 19.1. The number of rotatable bonds is 8. The number of esters is 2. The summed E-state index contributed by atoms with van der Waals surface area (Å²) in [5, 5.41) is 0. The van der Waals surface area contributed by atoms with Crippen LogP contribution in [0.2, 0.25) is 0 Å². The standard InChI is InChI=1S/C43H64O4/c1-9-42(23-17-32-30(26-42)13-15-34-38(3,4)19-11-21-40(32,34)7)28-46-36(44)25-37(45)47-29-43(10-2)24-18-33-31(27-43)14-16-35-39(5,6)20-12-22-41(33,35)8/h9-10,13-14,32-35H,1-2,11-12,15-29H2,3-8H3/t32-,33-,34+,35+,40-,41-,42-,43-/m0/s1. The van der Waals surface area contributed by atoms with E-state index in [1.807, 2.05) is 12.2 Å². The van der Waals surface area contributed by atoms with Crippen molar-refractivity contribution in [3.8, 4) is 0 Å². The molecule has 0 bridgehead atoms. The monoisotopic (exact) mass is 644 g/mol. The van der Waals surface area contributed by atoms with Gasteiger partial charge in [-0.1, -0.05) is 89.8 Å². The molecule has 0 aromatic rings. The van der Waals surface area contributed by atoms with Gasteiger partial charge in [0.1, 0.15) is 19.6 Å². The van der Waals surface area contributed by atoms with E-state index in [-0.39, 0.29) is 30.5 Å². The number of hydrogen-bond acceptors (Lipinski definition) is 4. The van der Waals surface area contributed by atoms with E-state index in [4.69, 9.17) is 9.47 Å². The maximum atomic E-state index is 13.0. The minimum absolute atomic E-state index is 0.266. The molecular weight excluding hydrogens is 580 g/mol. The van der Waals surface area contributed by atoms with Gasteiger partial charge < -0.3 is 9.47 Å². The van der Waals surface area contributed by atoms with Gasteiger partial charge in [-0.2, -0.15) is 0 Å². The Morgan fingerprint density at radius 2 is 1.09 bits per heavy atom. The van der Waals surface area contributed by atoms with Gasteiger partial charge in [0.05, 0.1) is 0 Å². The van der Waals surface area contributed by atoms with Crippen molar-refractivity contribution in [2.24, 2.45) is 56.2 Å². The topological polar surface area (TPSA) is 52.6 Å². The molecule has 4 fully saturated rings. The zero-order valence-electron chi connectivity index (χ0n) is 30.7. The van der Waals surface area contributed by atoms with Crippen molar-refractivity contribution in [2.75, 3.05) is 13.2 Å². The molecule has 47 heavy (non-hydrogen) atoms. The Balaban J connectivity index is 1.01. The summed E-state index contributed by atoms with van der Waals surface area (Å²) in [6.07, 6.45) is 24.9. The highest BCUT2D eigenvalue weighted by Gasteiger charge is 2.56. The number of carbonyl (C=O) groups is 2. The molecule has 0 radical (unpaired) electrons. The van der Waals surface area contributed by atoms with Crippen LogP contribution < -0.4 is 0 Å². The van der Waals surface area contributed by atoms with Crippen LogP contribution in [0.25, 0.3) is 0 Å². The van der Waals surface area contributed by atoms with Crippen LogP contribution in [0.4, 0.5) is 0 Å². The lowest BCUT2D eigenvalue weighted by atomic mass is 9.46. The number of allylic oxidation sites excluding steroid dienone is 4. The molecule has 6 aliphatic carbocycles. The predicted octanol–water partition coefficient (Wildman–Crippen LogP) is 10.7. The number of carbonyl (C=O) groups excluding carboxylic acids is 2. The maximum Gasteiger partial charge on any atom is 0.317 e. The van der Waals surface area contributed by atoms with E-state index in [0.717, 1.165) is 63.2 Å². The van der Waals surface area contributed by atoms with Gasteiger partial charge in [0, 0.05) is 10.8 Å². The zero-order chi connectivity index (χ0) is 33.9. The highest BCUT2D eigenvalue weighted by molar-refractivity contribution is 5.91. The molecule has 0 aromatic heterocycles. The van der Waals surface area contributed by atoms with Crippen molar-refractivity contribution < 1.29 is 19.1 Å². The molecule has 0 amide bonds. The molecule has 6 aliphatic rings. The molecule has 0 unspecified atom stereocenters. The molecule has 0 saturated heterocycles. The third kappa shape index (κ3) is 6.16. The smallest absolute Gasteiger partial charge is 0.317 e. The SMILES string of the molecule is C=C[C@]1(COC(=O)CC(=O)OC[C@@]2(C=C)CC[C@H]3C(=CC[C@@H]4C(C)(C)CCC[C@]43C)C2)CC[C@H]2C(=CC[C@@H]3C(C)(C)CCC[C@]32C)C1. The van der Waals surface area contributed by atoms with Crippen molar-refractivity contribution in [1.29, 1.82) is 0 Å². The van der Waals surface area contributed by atoms with E-state index in [9.17, 15) is 9.59 Å². The third-order valence-corrected chi connectivity index (χ3v) is 15.4. The summed E-state index contributed by atoms with van der Waals surface area (Å²) in [6, 6.07) is 0. The fraction of sp³-hybridized carbons (Fsp3) is 0.767. The molecule has 8 atom stereocenters. The Morgan fingerprint density at radius 1 is 0.681 bits per heavy atom. The lowest BCUT2D eigenvalue weighted by Crippen LogP contribution is -2.50. The van der Waals surface area contributed by atoms with Crippen molar-refractivity contribution in [3.05, 3.63) is 48.6 Å². The van der Waals surface area contributed by atoms with Crippen molar-refractivity contribution in [2.45, 2.75) is 138 Å². The molecule has 0 spiro atoms. The fourth-order valence-electron chi connectivity index (χ4n) is 12.7. The van der Waals surface area contributed by atoms with Crippen LogP contribution in [0.3, 0.4) is 0 Å². The Hall–Kier alpha value is -2.10. The first-order valence-electron chi connectivity index (χ1n) is 19.1. The second kappa shape index (κ2) is 12.3. The molecular formula is C43H64O4. The Kier molecular flexibility index (Phi) is 9.13. The van der Waals surface area contributed by atoms with Crippen molar-refractivity contribution in [1.82, 2.24) is 0 Å². The minimum atomic E-state index is -0.498. The van der Waals surface area contributed by atoms with E-state index in [1.165, 1.54) is 49.7 Å². The summed E-state index contributed by atoms with van der Waals surface area (Å²) in [5.74, 6) is 1.67. The molecule has 4 heteroatoms. The lowest BCUT2D eigenvalue weighted by Gasteiger charge is -2.59. The van der Waals surface area contributed by atoms with E-state index >= 15 is 0 Å². The van der Waals surface area contributed by atoms with Gasteiger partial charge in [-0.3, -0.25) is 9.59 Å². The highest BCUT2D eigenvalue weighted by Crippen LogP contribution is 2.65. The molecule has 0 N–H and O–H groups in total. The van der Waals surface area contributed by atoms with E-state index < -0.39 is 11.9 Å². The molecule has 0 aromatic carbocycles. The van der Waals surface area contributed by atoms with Crippen molar-refractivity contribution in [3.63, 3.8) is 0 Å².